The Morgan fingerprint density at radius 2 is 1.97 bits per heavy atom. The molecule has 0 radical (unpaired) electrons. The third-order valence-electron chi connectivity index (χ3n) is 6.16. The molecule has 2 heterocycles. The number of hydrogen-bond acceptors (Lipinski definition) is 6. The van der Waals surface area contributed by atoms with Gasteiger partial charge >= 0.3 is 0 Å². The van der Waals surface area contributed by atoms with Crippen molar-refractivity contribution in [1.29, 1.82) is 0 Å². The summed E-state index contributed by atoms with van der Waals surface area (Å²) < 4.78 is 0. The molecular weight excluding hydrogens is 378 g/mol. The molecule has 0 spiro atoms. The average molecular weight is 408 g/mol. The molecule has 7 nitrogen and oxygen atoms in total. The molecule has 2 aliphatic rings. The Morgan fingerprint density at radius 3 is 2.70 bits per heavy atom. The van der Waals surface area contributed by atoms with Crippen molar-refractivity contribution in [2.75, 3.05) is 38.1 Å². The van der Waals surface area contributed by atoms with Crippen LogP contribution in [0.25, 0.3) is 5.57 Å². The molecule has 1 aromatic heterocycles. The topological polar surface area (TPSA) is 81.6 Å². The van der Waals surface area contributed by atoms with Gasteiger partial charge in [-0.25, -0.2) is 15.4 Å². The maximum Gasteiger partial charge on any atom is 0.277 e. The molecule has 7 heteroatoms. The average Bonchev–Trinajstić information content (AvgIpc) is 3.21. The van der Waals surface area contributed by atoms with Crippen molar-refractivity contribution in [2.45, 2.75) is 25.7 Å². The summed E-state index contributed by atoms with van der Waals surface area (Å²) in [7, 11) is 2.22. The van der Waals surface area contributed by atoms with Crippen molar-refractivity contribution in [3.05, 3.63) is 59.4 Å². The summed E-state index contributed by atoms with van der Waals surface area (Å²) in [6.45, 7) is 4.03. The Morgan fingerprint density at radius 1 is 1.23 bits per heavy atom. The van der Waals surface area contributed by atoms with Gasteiger partial charge in [-0.15, -0.1) is 0 Å². The van der Waals surface area contributed by atoms with Crippen LogP contribution < -0.4 is 10.4 Å². The predicted octanol–water partition coefficient (Wildman–Crippen LogP) is 2.77. The summed E-state index contributed by atoms with van der Waals surface area (Å²) in [5, 5.41) is 8.68. The standard InChI is InChI=1S/C23H29N5O2/c1-27(11-10-19-7-6-18-4-2-3-5-21(18)19)16-17-8-12-28(13-9-17)23-24-14-20(15-25-23)22(29)26-30/h2-5,7,14-15,17,30H,6,8-13,16H2,1H3,(H,26,29). The van der Waals surface area contributed by atoms with E-state index in [1.54, 1.807) is 5.48 Å². The van der Waals surface area contributed by atoms with Crippen molar-refractivity contribution in [3.63, 3.8) is 0 Å². The van der Waals surface area contributed by atoms with Gasteiger partial charge < -0.3 is 9.80 Å². The van der Waals surface area contributed by atoms with Crippen LogP contribution in [0.15, 0.2) is 42.7 Å². The van der Waals surface area contributed by atoms with E-state index in [0.29, 0.717) is 11.9 Å². The van der Waals surface area contributed by atoms with E-state index in [0.717, 1.165) is 51.9 Å². The van der Waals surface area contributed by atoms with Gasteiger partial charge in [-0.1, -0.05) is 30.3 Å². The number of hydroxylamine groups is 1. The lowest BCUT2D eigenvalue weighted by Gasteiger charge is -2.34. The second kappa shape index (κ2) is 9.36. The number of hydrogen-bond donors (Lipinski definition) is 2. The number of nitrogens with one attached hydrogen (secondary N) is 1. The summed E-state index contributed by atoms with van der Waals surface area (Å²) in [5.41, 5.74) is 6.22. The Hall–Kier alpha value is -2.77. The SMILES string of the molecule is CN(CCC1=CCc2ccccc21)CC1CCN(c2ncc(C(=O)NO)cn2)CC1. The molecule has 158 valence electrons. The second-order valence-corrected chi connectivity index (χ2v) is 8.25. The van der Waals surface area contributed by atoms with Crippen LogP contribution in [0.3, 0.4) is 0 Å². The third kappa shape index (κ3) is 4.68. The molecule has 1 aliphatic carbocycles. The number of piperidine rings is 1. The van der Waals surface area contributed by atoms with Crippen molar-refractivity contribution < 1.29 is 10.0 Å². The van der Waals surface area contributed by atoms with E-state index in [-0.39, 0.29) is 5.56 Å². The van der Waals surface area contributed by atoms with Crippen LogP contribution in [0.4, 0.5) is 5.95 Å². The molecule has 0 saturated carbocycles. The van der Waals surface area contributed by atoms with Crippen molar-refractivity contribution in [3.8, 4) is 0 Å². The molecule has 1 fully saturated rings. The van der Waals surface area contributed by atoms with Gasteiger partial charge in [0.05, 0.1) is 5.56 Å². The Labute approximate surface area is 177 Å². The highest BCUT2D eigenvalue weighted by molar-refractivity contribution is 5.92. The van der Waals surface area contributed by atoms with Crippen LogP contribution >= 0.6 is 0 Å². The minimum atomic E-state index is -0.597. The Kier molecular flexibility index (Phi) is 6.40. The minimum Gasteiger partial charge on any atom is -0.341 e. The van der Waals surface area contributed by atoms with Crippen LogP contribution in [0.1, 0.15) is 40.7 Å². The summed E-state index contributed by atoms with van der Waals surface area (Å²) >= 11 is 0. The largest absolute Gasteiger partial charge is 0.341 e. The molecule has 1 saturated heterocycles. The van der Waals surface area contributed by atoms with E-state index < -0.39 is 5.91 Å². The number of carbonyl (C=O) groups is 1. The van der Waals surface area contributed by atoms with Crippen molar-refractivity contribution in [1.82, 2.24) is 20.3 Å². The highest BCUT2D eigenvalue weighted by Crippen LogP contribution is 2.29. The van der Waals surface area contributed by atoms with Crippen molar-refractivity contribution >= 4 is 17.4 Å². The quantitative estimate of drug-likeness (QED) is 0.543. The molecular formula is C23H29N5O2. The van der Waals surface area contributed by atoms with Gasteiger partial charge in [0.1, 0.15) is 0 Å². The van der Waals surface area contributed by atoms with E-state index in [1.165, 1.54) is 29.1 Å². The number of anilines is 1. The zero-order chi connectivity index (χ0) is 20.9. The lowest BCUT2D eigenvalue weighted by atomic mass is 9.96. The molecule has 0 bridgehead atoms. The third-order valence-corrected chi connectivity index (χ3v) is 6.16. The first-order valence-electron chi connectivity index (χ1n) is 10.6. The predicted molar refractivity (Wildman–Crippen MR) is 116 cm³/mol. The molecule has 4 rings (SSSR count). The number of fused-ring (bicyclic) bond motifs is 1. The zero-order valence-electron chi connectivity index (χ0n) is 17.4. The van der Waals surface area contributed by atoms with Crippen molar-refractivity contribution in [2.24, 2.45) is 5.92 Å². The second-order valence-electron chi connectivity index (χ2n) is 8.25. The monoisotopic (exact) mass is 407 g/mol. The van der Waals surface area contributed by atoms with Crippen LogP contribution in [-0.2, 0) is 6.42 Å². The molecule has 1 amide bonds. The fourth-order valence-electron chi connectivity index (χ4n) is 4.42. The molecule has 2 N–H and O–H groups in total. The summed E-state index contributed by atoms with van der Waals surface area (Å²) in [4.78, 5) is 24.6. The fourth-order valence-corrected chi connectivity index (χ4v) is 4.42. The minimum absolute atomic E-state index is 0.248. The van der Waals surface area contributed by atoms with Crippen LogP contribution in [0.2, 0.25) is 0 Å². The van der Waals surface area contributed by atoms with Gasteiger partial charge in [-0.2, -0.15) is 0 Å². The van der Waals surface area contributed by atoms with Gasteiger partial charge in [0, 0.05) is 38.6 Å². The number of rotatable bonds is 7. The first-order chi connectivity index (χ1) is 14.6. The Bertz CT molecular complexity index is 904. The van der Waals surface area contributed by atoms with Gasteiger partial charge in [0.15, 0.2) is 0 Å². The zero-order valence-corrected chi connectivity index (χ0v) is 17.4. The number of amides is 1. The molecule has 30 heavy (non-hydrogen) atoms. The normalized spacial score (nSPS) is 16.5. The summed E-state index contributed by atoms with van der Waals surface area (Å²) in [6.07, 6.45) is 9.67. The number of carbonyl (C=O) groups excluding carboxylic acids is 1. The molecule has 1 aliphatic heterocycles. The molecule has 0 unspecified atom stereocenters. The van der Waals surface area contributed by atoms with Gasteiger partial charge in [-0.3, -0.25) is 10.0 Å². The molecule has 0 atom stereocenters. The highest BCUT2D eigenvalue weighted by atomic mass is 16.5. The van der Waals surface area contributed by atoms with E-state index in [4.69, 9.17) is 5.21 Å². The molecule has 1 aromatic carbocycles. The lowest BCUT2D eigenvalue weighted by Crippen LogP contribution is -2.38. The van der Waals surface area contributed by atoms with Crippen LogP contribution in [-0.4, -0.2) is 59.2 Å². The smallest absolute Gasteiger partial charge is 0.277 e. The van der Waals surface area contributed by atoms with Crippen LogP contribution in [0, 0.1) is 5.92 Å². The first-order valence-corrected chi connectivity index (χ1v) is 10.6. The van der Waals surface area contributed by atoms with Gasteiger partial charge in [0.2, 0.25) is 5.95 Å². The maximum absolute atomic E-state index is 11.4. The highest BCUT2D eigenvalue weighted by Gasteiger charge is 2.22. The Balaban J connectivity index is 1.21. The number of nitrogens with zero attached hydrogens (tertiary/aromatic N) is 4. The van der Waals surface area contributed by atoms with Gasteiger partial charge in [-0.05, 0) is 55.3 Å². The van der Waals surface area contributed by atoms with E-state index in [1.807, 2.05) is 0 Å². The maximum atomic E-state index is 11.4. The van der Waals surface area contributed by atoms with Gasteiger partial charge in [0.25, 0.3) is 5.91 Å². The van der Waals surface area contributed by atoms with E-state index in [9.17, 15) is 4.79 Å². The first kappa shape index (κ1) is 20.5. The van der Waals surface area contributed by atoms with Crippen LogP contribution in [0.5, 0.6) is 0 Å². The summed E-state index contributed by atoms with van der Waals surface area (Å²) in [5.74, 6) is 0.721. The lowest BCUT2D eigenvalue weighted by molar-refractivity contribution is 0.0705. The molecule has 2 aromatic rings. The number of benzene rings is 1. The fraction of sp³-hybridized carbons (Fsp3) is 0.435. The number of aromatic nitrogens is 2. The van der Waals surface area contributed by atoms with E-state index in [2.05, 4.69) is 57.2 Å². The van der Waals surface area contributed by atoms with E-state index >= 15 is 0 Å². The number of allylic oxidation sites excluding steroid dienone is 1. The summed E-state index contributed by atoms with van der Waals surface area (Å²) in [6, 6.07) is 8.73.